The molecule has 3 aliphatic carbocycles. The van der Waals surface area contributed by atoms with Crippen molar-refractivity contribution in [1.29, 1.82) is 0 Å². The van der Waals surface area contributed by atoms with E-state index in [1.807, 2.05) is 13.8 Å². The number of rotatable bonds is 0. The molecule has 2 heterocycles. The van der Waals surface area contributed by atoms with Crippen molar-refractivity contribution in [2.45, 2.75) is 61.4 Å². The zero-order valence-corrected chi connectivity index (χ0v) is 12.6. The molecule has 2 saturated heterocycles. The van der Waals surface area contributed by atoms with Crippen molar-refractivity contribution in [3.8, 4) is 0 Å². The topological polar surface area (TPSA) is 47.9 Å². The van der Waals surface area contributed by atoms with E-state index in [9.17, 15) is 5.11 Å². The fourth-order valence-corrected chi connectivity index (χ4v) is 6.70. The van der Waals surface area contributed by atoms with Gasteiger partial charge in [-0.2, -0.15) is 0 Å². The van der Waals surface area contributed by atoms with Crippen molar-refractivity contribution < 1.29 is 19.3 Å². The zero-order chi connectivity index (χ0) is 13.1. The van der Waals surface area contributed by atoms with Crippen molar-refractivity contribution in [2.75, 3.05) is 0 Å². The highest BCUT2D eigenvalue weighted by molar-refractivity contribution is 9.09. The summed E-state index contributed by atoms with van der Waals surface area (Å²) in [5.74, 6) is 1.32. The predicted octanol–water partition coefficient (Wildman–Crippen LogP) is 1.29. The Bertz CT molecular complexity index is 441. The third-order valence-corrected chi connectivity index (χ3v) is 7.23. The Kier molecular flexibility index (Phi) is 2.12. The molecule has 5 aliphatic rings. The zero-order valence-electron chi connectivity index (χ0n) is 11.0. The molecule has 5 fully saturated rings. The number of hydrogen-bond acceptors (Lipinski definition) is 4. The summed E-state index contributed by atoms with van der Waals surface area (Å²) in [6, 6.07) is 0. The number of aliphatic hydroxyl groups is 1. The first-order valence-corrected chi connectivity index (χ1v) is 8.23. The van der Waals surface area contributed by atoms with Crippen LogP contribution in [0, 0.1) is 23.7 Å². The van der Waals surface area contributed by atoms with Gasteiger partial charge >= 0.3 is 0 Å². The van der Waals surface area contributed by atoms with Crippen LogP contribution in [-0.2, 0) is 14.2 Å². The highest BCUT2D eigenvalue weighted by Gasteiger charge is 2.73. The molecule has 5 heteroatoms. The predicted molar refractivity (Wildman–Crippen MR) is 69.8 cm³/mol. The third kappa shape index (κ3) is 1.26. The van der Waals surface area contributed by atoms with Gasteiger partial charge in [-0.25, -0.2) is 0 Å². The summed E-state index contributed by atoms with van der Waals surface area (Å²) >= 11 is 3.80. The molecule has 0 aromatic carbocycles. The third-order valence-electron chi connectivity index (χ3n) is 6.03. The molecule has 5 rings (SSSR count). The van der Waals surface area contributed by atoms with E-state index in [-0.39, 0.29) is 18.3 Å². The normalized spacial score (nSPS) is 67.6. The van der Waals surface area contributed by atoms with E-state index in [1.165, 1.54) is 6.42 Å². The highest BCUT2D eigenvalue weighted by Crippen LogP contribution is 2.66. The van der Waals surface area contributed by atoms with Gasteiger partial charge in [-0.3, -0.25) is 0 Å². The summed E-state index contributed by atoms with van der Waals surface area (Å²) < 4.78 is 18.3. The molecule has 19 heavy (non-hydrogen) atoms. The van der Waals surface area contributed by atoms with Crippen LogP contribution < -0.4 is 0 Å². The Hall–Kier alpha value is 0.320. The minimum absolute atomic E-state index is 0.102. The highest BCUT2D eigenvalue weighted by atomic mass is 79.9. The Labute approximate surface area is 120 Å². The quantitative estimate of drug-likeness (QED) is 0.680. The van der Waals surface area contributed by atoms with Gasteiger partial charge in [0, 0.05) is 4.83 Å². The number of halogens is 1. The SMILES string of the molecule is CC1(C)O[C@@H]2[C@H](O1)[C@@H](O)[C@H]1[C@@H]3C[C@H]4[C@H](O[C@@H]2[C@H]41)[C@H]3Br. The minimum atomic E-state index is -0.603. The van der Waals surface area contributed by atoms with Crippen LogP contribution in [0.5, 0.6) is 0 Å². The summed E-state index contributed by atoms with van der Waals surface area (Å²) in [5, 5.41) is 10.8. The molecule has 0 spiro atoms. The first-order valence-electron chi connectivity index (χ1n) is 7.31. The molecule has 0 radical (unpaired) electrons. The summed E-state index contributed by atoms with van der Waals surface area (Å²) in [7, 11) is 0. The molecular weight excluding hydrogens is 312 g/mol. The Morgan fingerprint density at radius 1 is 1.00 bits per heavy atom. The van der Waals surface area contributed by atoms with Crippen molar-refractivity contribution >= 4 is 15.9 Å². The lowest BCUT2D eigenvalue weighted by Crippen LogP contribution is -2.57. The molecule has 4 nitrogen and oxygen atoms in total. The number of fused-ring (bicyclic) bond motifs is 4. The number of hydrogen-bond donors (Lipinski definition) is 1. The molecule has 106 valence electrons. The monoisotopic (exact) mass is 330 g/mol. The van der Waals surface area contributed by atoms with Gasteiger partial charge in [-0.1, -0.05) is 15.9 Å². The fraction of sp³-hybridized carbons (Fsp3) is 1.00. The van der Waals surface area contributed by atoms with Crippen molar-refractivity contribution in [2.24, 2.45) is 23.7 Å². The van der Waals surface area contributed by atoms with E-state index in [1.54, 1.807) is 0 Å². The summed E-state index contributed by atoms with van der Waals surface area (Å²) in [6.45, 7) is 3.85. The van der Waals surface area contributed by atoms with Crippen molar-refractivity contribution in [3.05, 3.63) is 0 Å². The number of ether oxygens (including phenoxy) is 3. The molecule has 0 aromatic rings. The van der Waals surface area contributed by atoms with Crippen molar-refractivity contribution in [1.82, 2.24) is 0 Å². The van der Waals surface area contributed by atoms with Crippen LogP contribution in [0.2, 0.25) is 0 Å². The van der Waals surface area contributed by atoms with Crippen LogP contribution in [0.15, 0.2) is 0 Å². The fourth-order valence-electron chi connectivity index (χ4n) is 5.62. The van der Waals surface area contributed by atoms with E-state index in [2.05, 4.69) is 15.9 Å². The second-order valence-electron chi connectivity index (χ2n) is 7.28. The van der Waals surface area contributed by atoms with Gasteiger partial charge in [0.05, 0.1) is 18.3 Å². The van der Waals surface area contributed by atoms with Gasteiger partial charge in [-0.15, -0.1) is 0 Å². The van der Waals surface area contributed by atoms with Gasteiger partial charge < -0.3 is 19.3 Å². The van der Waals surface area contributed by atoms with Gasteiger partial charge in [0.25, 0.3) is 0 Å². The lowest BCUT2D eigenvalue weighted by molar-refractivity contribution is -0.161. The Morgan fingerprint density at radius 3 is 2.53 bits per heavy atom. The average molecular weight is 331 g/mol. The lowest BCUT2D eigenvalue weighted by Gasteiger charge is -2.43. The van der Waals surface area contributed by atoms with Crippen LogP contribution in [0.3, 0.4) is 0 Å². The van der Waals surface area contributed by atoms with Crippen LogP contribution >= 0.6 is 15.9 Å². The first-order chi connectivity index (χ1) is 8.98. The van der Waals surface area contributed by atoms with E-state index in [4.69, 9.17) is 14.2 Å². The molecule has 2 bridgehead atoms. The number of alkyl halides is 1. The van der Waals surface area contributed by atoms with E-state index < -0.39 is 11.9 Å². The second-order valence-corrected chi connectivity index (χ2v) is 8.34. The standard InChI is InChI=1S/C14H19BrO4/c1-14(2)18-12-9(16)6-4-3-5-7(6)11(13(12)19-14)17-10(5)8(4)15/h4-13,16H,3H2,1-2H3/t4-,5+,6-,7+,8-,9-,10-,11+,12+,13-/m0/s1. The molecule has 2 aliphatic heterocycles. The van der Waals surface area contributed by atoms with Gasteiger partial charge in [0.1, 0.15) is 12.2 Å². The summed E-state index contributed by atoms with van der Waals surface area (Å²) in [6.07, 6.45) is 0.879. The molecule has 1 N–H and O–H groups in total. The average Bonchev–Trinajstić information content (AvgIpc) is 2.98. The molecule has 0 amide bonds. The second kappa shape index (κ2) is 3.38. The largest absolute Gasteiger partial charge is 0.390 e. The van der Waals surface area contributed by atoms with E-state index in [0.717, 1.165) is 0 Å². The first kappa shape index (κ1) is 11.9. The molecule has 3 saturated carbocycles. The Morgan fingerprint density at radius 2 is 1.74 bits per heavy atom. The molecular formula is C14H19BrO4. The van der Waals surface area contributed by atoms with E-state index >= 15 is 0 Å². The lowest BCUT2D eigenvalue weighted by atomic mass is 9.67. The maximum atomic E-state index is 10.8. The van der Waals surface area contributed by atoms with Crippen LogP contribution in [0.1, 0.15) is 20.3 Å². The summed E-state index contributed by atoms with van der Waals surface area (Å²) in [5.41, 5.74) is 0. The molecule has 10 atom stereocenters. The molecule has 0 unspecified atom stereocenters. The van der Waals surface area contributed by atoms with Gasteiger partial charge in [0.15, 0.2) is 5.79 Å². The van der Waals surface area contributed by atoms with Crippen LogP contribution in [0.4, 0.5) is 0 Å². The van der Waals surface area contributed by atoms with Crippen molar-refractivity contribution in [3.63, 3.8) is 0 Å². The summed E-state index contributed by atoms with van der Waals surface area (Å²) in [4.78, 5) is 0.394. The maximum Gasteiger partial charge on any atom is 0.164 e. The van der Waals surface area contributed by atoms with Crippen LogP contribution in [0.25, 0.3) is 0 Å². The number of aliphatic hydroxyl groups excluding tert-OH is 1. The Balaban J connectivity index is 1.59. The van der Waals surface area contributed by atoms with Gasteiger partial charge in [0.2, 0.25) is 0 Å². The minimum Gasteiger partial charge on any atom is -0.390 e. The smallest absolute Gasteiger partial charge is 0.164 e. The van der Waals surface area contributed by atoms with Crippen LogP contribution in [-0.4, -0.2) is 46.2 Å². The van der Waals surface area contributed by atoms with E-state index in [0.29, 0.717) is 34.6 Å². The maximum absolute atomic E-state index is 10.8. The van der Waals surface area contributed by atoms with Gasteiger partial charge in [-0.05, 0) is 43.9 Å². The molecule has 0 aromatic heterocycles.